The lowest BCUT2D eigenvalue weighted by atomic mass is 9.97. The van der Waals surface area contributed by atoms with Crippen LogP contribution >= 0.6 is 17.7 Å². The Morgan fingerprint density at radius 2 is 2.03 bits per heavy atom. The summed E-state index contributed by atoms with van der Waals surface area (Å²) in [4.78, 5) is 14.2. The quantitative estimate of drug-likeness (QED) is 0.300. The first kappa shape index (κ1) is 24.4. The van der Waals surface area contributed by atoms with Crippen molar-refractivity contribution < 1.29 is 23.6 Å². The molecule has 0 aromatic heterocycles. The van der Waals surface area contributed by atoms with Crippen molar-refractivity contribution >= 4 is 23.6 Å². The molecule has 1 N–H and O–H groups in total. The molecule has 2 saturated heterocycles. The van der Waals surface area contributed by atoms with E-state index in [1.165, 1.54) is 11.4 Å². The summed E-state index contributed by atoms with van der Waals surface area (Å²) in [7, 11) is 0. The first-order valence-electron chi connectivity index (χ1n) is 11.1. The number of nitrogens with one attached hydrogen (secondary N) is 1. The van der Waals surface area contributed by atoms with Crippen molar-refractivity contribution in [2.24, 2.45) is 0 Å². The number of ether oxygens (including phenoxy) is 3. The fraction of sp³-hybridized carbons (Fsp3) is 0.609. The molecule has 0 saturated carbocycles. The van der Waals surface area contributed by atoms with Gasteiger partial charge in [-0.2, -0.15) is 0 Å². The SMILES string of the molecule is C=CCCOc1ccc(SP(C)(=O)C2(C(=O)NCC3CCCCO3)CCOCC2)cc1. The van der Waals surface area contributed by atoms with Gasteiger partial charge in [0.25, 0.3) is 0 Å². The number of carbonyl (C=O) groups is 1. The lowest BCUT2D eigenvalue weighted by molar-refractivity contribution is -0.127. The van der Waals surface area contributed by atoms with Gasteiger partial charge in [-0.1, -0.05) is 17.5 Å². The van der Waals surface area contributed by atoms with Gasteiger partial charge in [0.2, 0.25) is 5.91 Å². The van der Waals surface area contributed by atoms with Gasteiger partial charge in [0.05, 0.1) is 12.7 Å². The smallest absolute Gasteiger partial charge is 0.234 e. The van der Waals surface area contributed by atoms with E-state index in [0.717, 1.165) is 42.9 Å². The van der Waals surface area contributed by atoms with Crippen LogP contribution in [0.3, 0.4) is 0 Å². The Morgan fingerprint density at radius 3 is 2.68 bits per heavy atom. The highest BCUT2D eigenvalue weighted by Gasteiger charge is 2.52. The molecule has 0 spiro atoms. The molecule has 2 atom stereocenters. The first-order chi connectivity index (χ1) is 15.0. The number of amides is 1. The minimum Gasteiger partial charge on any atom is -0.493 e. The summed E-state index contributed by atoms with van der Waals surface area (Å²) in [6.45, 7) is 8.12. The lowest BCUT2D eigenvalue weighted by Crippen LogP contribution is -2.51. The maximum Gasteiger partial charge on any atom is 0.234 e. The molecule has 2 aliphatic rings. The maximum atomic E-state index is 14.0. The van der Waals surface area contributed by atoms with Crippen LogP contribution in [0.2, 0.25) is 0 Å². The van der Waals surface area contributed by atoms with Crippen LogP contribution in [0.1, 0.15) is 38.5 Å². The van der Waals surface area contributed by atoms with Crippen molar-refractivity contribution in [3.63, 3.8) is 0 Å². The van der Waals surface area contributed by atoms with Crippen LogP contribution in [0.5, 0.6) is 5.75 Å². The van der Waals surface area contributed by atoms with Crippen molar-refractivity contribution in [3.05, 3.63) is 36.9 Å². The van der Waals surface area contributed by atoms with Gasteiger partial charge >= 0.3 is 0 Å². The van der Waals surface area contributed by atoms with E-state index >= 15 is 0 Å². The molecule has 1 aromatic carbocycles. The van der Waals surface area contributed by atoms with E-state index in [0.29, 0.717) is 39.2 Å². The Bertz CT molecular complexity index is 773. The van der Waals surface area contributed by atoms with Gasteiger partial charge in [0.15, 0.2) is 6.34 Å². The minimum absolute atomic E-state index is 0.0483. The molecule has 172 valence electrons. The summed E-state index contributed by atoms with van der Waals surface area (Å²) < 4.78 is 30.9. The number of carbonyl (C=O) groups excluding carboxylic acids is 1. The number of rotatable bonds is 10. The molecule has 2 heterocycles. The van der Waals surface area contributed by atoms with Gasteiger partial charge in [-0.15, -0.1) is 6.58 Å². The summed E-state index contributed by atoms with van der Waals surface area (Å²) in [6, 6.07) is 7.57. The van der Waals surface area contributed by atoms with Crippen molar-refractivity contribution in [3.8, 4) is 5.75 Å². The zero-order valence-corrected chi connectivity index (χ0v) is 20.1. The molecule has 1 aromatic rings. The molecule has 2 fully saturated rings. The van der Waals surface area contributed by atoms with E-state index in [1.54, 1.807) is 6.66 Å². The normalized spacial score (nSPS) is 22.8. The second-order valence-corrected chi connectivity index (χ2v) is 14.0. The van der Waals surface area contributed by atoms with Crippen LogP contribution in [-0.4, -0.2) is 56.8 Å². The van der Waals surface area contributed by atoms with Crippen LogP contribution in [0.15, 0.2) is 41.8 Å². The monoisotopic (exact) mass is 467 g/mol. The molecule has 6 nitrogen and oxygen atoms in total. The largest absolute Gasteiger partial charge is 0.493 e. The standard InChI is InChI=1S/C23H34NO5PS/c1-3-4-14-28-19-8-10-21(11-9-19)31-30(2,26)23(12-16-27-17-13-23)22(25)24-18-20-7-5-6-15-29-20/h3,8-11,20H,1,4-7,12-18H2,2H3,(H,24,25). The molecule has 3 rings (SSSR count). The summed E-state index contributed by atoms with van der Waals surface area (Å²) in [6.07, 6.45) is 3.77. The van der Waals surface area contributed by atoms with Crippen LogP contribution in [0.25, 0.3) is 0 Å². The average molecular weight is 468 g/mol. The zero-order chi connectivity index (χ0) is 22.2. The summed E-state index contributed by atoms with van der Waals surface area (Å²) >= 11 is 1.31. The van der Waals surface area contributed by atoms with Gasteiger partial charge in [-0.3, -0.25) is 4.79 Å². The predicted molar refractivity (Wildman–Crippen MR) is 126 cm³/mol. The van der Waals surface area contributed by atoms with E-state index in [1.807, 2.05) is 30.3 Å². The van der Waals surface area contributed by atoms with Crippen molar-refractivity contribution in [2.75, 3.05) is 39.6 Å². The molecule has 0 bridgehead atoms. The van der Waals surface area contributed by atoms with E-state index < -0.39 is 11.5 Å². The Hall–Kier alpha value is -1.27. The minimum atomic E-state index is -2.96. The first-order valence-corrected chi connectivity index (χ1v) is 14.6. The number of hydrogen-bond donors (Lipinski definition) is 1. The molecule has 8 heteroatoms. The van der Waals surface area contributed by atoms with E-state index in [2.05, 4.69) is 11.9 Å². The van der Waals surface area contributed by atoms with Crippen molar-refractivity contribution in [2.45, 2.75) is 54.7 Å². The highest BCUT2D eigenvalue weighted by atomic mass is 32.7. The molecule has 31 heavy (non-hydrogen) atoms. The molecule has 2 aliphatic heterocycles. The topological polar surface area (TPSA) is 73.9 Å². The van der Waals surface area contributed by atoms with Gasteiger partial charge in [-0.05, 0) is 69.5 Å². The summed E-state index contributed by atoms with van der Waals surface area (Å²) in [5, 5.41) is 2.13. The third kappa shape index (κ3) is 6.38. The van der Waals surface area contributed by atoms with E-state index in [-0.39, 0.29) is 12.0 Å². The highest BCUT2D eigenvalue weighted by molar-refractivity contribution is 8.58. The van der Waals surface area contributed by atoms with Gasteiger partial charge in [-0.25, -0.2) is 0 Å². The third-order valence-electron chi connectivity index (χ3n) is 5.98. The lowest BCUT2D eigenvalue weighted by Gasteiger charge is -2.40. The Morgan fingerprint density at radius 1 is 1.29 bits per heavy atom. The fourth-order valence-electron chi connectivity index (χ4n) is 4.01. The van der Waals surface area contributed by atoms with E-state index in [9.17, 15) is 9.36 Å². The molecule has 0 radical (unpaired) electrons. The number of hydrogen-bond acceptors (Lipinski definition) is 6. The molecular formula is C23H34NO5PS. The summed E-state index contributed by atoms with van der Waals surface area (Å²) in [5.74, 6) is 0.635. The second kappa shape index (κ2) is 11.6. The van der Waals surface area contributed by atoms with Crippen LogP contribution in [0, 0.1) is 0 Å². The molecule has 1 amide bonds. The molecule has 2 unspecified atom stereocenters. The Balaban J connectivity index is 1.68. The van der Waals surface area contributed by atoms with Gasteiger partial charge < -0.3 is 24.1 Å². The van der Waals surface area contributed by atoms with Crippen LogP contribution in [0.4, 0.5) is 0 Å². The average Bonchev–Trinajstić information content (AvgIpc) is 2.79. The molecule has 0 aliphatic carbocycles. The van der Waals surface area contributed by atoms with Crippen molar-refractivity contribution in [1.82, 2.24) is 5.32 Å². The molecular weight excluding hydrogens is 433 g/mol. The second-order valence-electron chi connectivity index (χ2n) is 8.18. The maximum absolute atomic E-state index is 14.0. The van der Waals surface area contributed by atoms with Gasteiger partial charge in [0, 0.05) is 31.3 Å². The Kier molecular flexibility index (Phi) is 9.08. The third-order valence-corrected chi connectivity index (χ3v) is 11.7. The van der Waals surface area contributed by atoms with E-state index in [4.69, 9.17) is 14.2 Å². The summed E-state index contributed by atoms with van der Waals surface area (Å²) in [5.41, 5.74) is 0. The van der Waals surface area contributed by atoms with Crippen LogP contribution in [-0.2, 0) is 18.8 Å². The van der Waals surface area contributed by atoms with Crippen molar-refractivity contribution in [1.29, 1.82) is 0 Å². The predicted octanol–water partition coefficient (Wildman–Crippen LogP) is 4.88. The fourth-order valence-corrected chi connectivity index (χ4v) is 9.18. The van der Waals surface area contributed by atoms with Gasteiger partial charge in [0.1, 0.15) is 10.9 Å². The number of benzene rings is 1. The highest BCUT2D eigenvalue weighted by Crippen LogP contribution is 2.70. The zero-order valence-electron chi connectivity index (χ0n) is 18.3. The Labute approximate surface area is 189 Å². The van der Waals surface area contributed by atoms with Crippen LogP contribution < -0.4 is 10.1 Å².